The standard InChI is InChI=1S/C17H16FN7O/c1-3-25-14(26)7-20-16-17(25)23-13(6-19-16)10-5-12(18)11(4-9(10)2)15-21-8-22-24-15/h4-6,8H,3,7H2,1-2H3,(H,19,20)(H,21,22,24). The van der Waals surface area contributed by atoms with E-state index < -0.39 is 5.82 Å². The first kappa shape index (κ1) is 16.1. The number of carbonyl (C=O) groups excluding carboxylic acids is 1. The summed E-state index contributed by atoms with van der Waals surface area (Å²) in [5, 5.41) is 9.45. The fraction of sp³-hybridized carbons (Fsp3) is 0.235. The van der Waals surface area contributed by atoms with Gasteiger partial charge in [-0.2, -0.15) is 5.10 Å². The van der Waals surface area contributed by atoms with Gasteiger partial charge >= 0.3 is 0 Å². The van der Waals surface area contributed by atoms with Crippen molar-refractivity contribution in [3.8, 4) is 22.6 Å². The summed E-state index contributed by atoms with van der Waals surface area (Å²) < 4.78 is 14.6. The molecular formula is C17H16FN7O. The SMILES string of the molecule is CCN1C(=O)CNc2ncc(-c3cc(F)c(-c4nc[nH]n4)cc3C)nc21. The number of hydrogen-bond acceptors (Lipinski definition) is 6. The molecule has 0 fully saturated rings. The van der Waals surface area contributed by atoms with Gasteiger partial charge in [-0.05, 0) is 31.5 Å². The smallest absolute Gasteiger partial charge is 0.247 e. The Bertz CT molecular complexity index is 987. The molecule has 3 aromatic rings. The number of rotatable bonds is 3. The van der Waals surface area contributed by atoms with Gasteiger partial charge in [0.05, 0.1) is 24.0 Å². The maximum absolute atomic E-state index is 14.6. The molecule has 0 saturated carbocycles. The van der Waals surface area contributed by atoms with Gasteiger partial charge in [-0.25, -0.2) is 19.3 Å². The average Bonchev–Trinajstić information content (AvgIpc) is 3.17. The molecule has 2 aromatic heterocycles. The number of aromatic nitrogens is 5. The Hall–Kier alpha value is -3.36. The highest BCUT2D eigenvalue weighted by Crippen LogP contribution is 2.32. The van der Waals surface area contributed by atoms with Gasteiger partial charge in [-0.1, -0.05) is 0 Å². The Morgan fingerprint density at radius 3 is 2.85 bits per heavy atom. The number of halogens is 1. The van der Waals surface area contributed by atoms with E-state index >= 15 is 0 Å². The maximum Gasteiger partial charge on any atom is 0.247 e. The summed E-state index contributed by atoms with van der Waals surface area (Å²) in [6.07, 6.45) is 2.97. The van der Waals surface area contributed by atoms with Gasteiger partial charge in [0, 0.05) is 12.1 Å². The largest absolute Gasteiger partial charge is 0.358 e. The van der Waals surface area contributed by atoms with Crippen molar-refractivity contribution < 1.29 is 9.18 Å². The van der Waals surface area contributed by atoms with E-state index in [1.54, 1.807) is 17.2 Å². The number of nitrogens with one attached hydrogen (secondary N) is 2. The minimum Gasteiger partial charge on any atom is -0.358 e. The number of aromatic amines is 1. The van der Waals surface area contributed by atoms with Crippen LogP contribution in [0.15, 0.2) is 24.7 Å². The van der Waals surface area contributed by atoms with Crippen LogP contribution in [0.1, 0.15) is 12.5 Å². The second-order valence-corrected chi connectivity index (χ2v) is 5.89. The van der Waals surface area contributed by atoms with Crippen molar-refractivity contribution in [2.75, 3.05) is 23.3 Å². The molecule has 3 heterocycles. The lowest BCUT2D eigenvalue weighted by molar-refractivity contribution is -0.117. The van der Waals surface area contributed by atoms with Gasteiger partial charge in [0.1, 0.15) is 12.1 Å². The van der Waals surface area contributed by atoms with Crippen LogP contribution < -0.4 is 10.2 Å². The summed E-state index contributed by atoms with van der Waals surface area (Å²) in [4.78, 5) is 26.5. The Labute approximate surface area is 148 Å². The van der Waals surface area contributed by atoms with Gasteiger partial charge in [0.25, 0.3) is 0 Å². The highest BCUT2D eigenvalue weighted by Gasteiger charge is 2.26. The van der Waals surface area contributed by atoms with E-state index in [4.69, 9.17) is 0 Å². The molecule has 26 heavy (non-hydrogen) atoms. The van der Waals surface area contributed by atoms with Crippen LogP contribution in [0.2, 0.25) is 0 Å². The molecule has 9 heteroatoms. The highest BCUT2D eigenvalue weighted by molar-refractivity contribution is 6.00. The molecule has 8 nitrogen and oxygen atoms in total. The predicted octanol–water partition coefficient (Wildman–Crippen LogP) is 2.15. The average molecular weight is 353 g/mol. The molecule has 0 unspecified atom stereocenters. The summed E-state index contributed by atoms with van der Waals surface area (Å²) in [5.41, 5.74) is 2.21. The summed E-state index contributed by atoms with van der Waals surface area (Å²) in [6.45, 7) is 4.40. The van der Waals surface area contributed by atoms with Crippen molar-refractivity contribution in [1.29, 1.82) is 0 Å². The molecule has 0 spiro atoms. The number of amides is 1. The number of likely N-dealkylation sites (N-methyl/N-ethyl adjacent to an activating group) is 1. The van der Waals surface area contributed by atoms with Crippen molar-refractivity contribution in [2.24, 2.45) is 0 Å². The van der Waals surface area contributed by atoms with Gasteiger partial charge in [-0.15, -0.1) is 0 Å². The number of aryl methyl sites for hydroxylation is 1. The first-order chi connectivity index (χ1) is 12.6. The fourth-order valence-corrected chi connectivity index (χ4v) is 2.99. The molecule has 0 aliphatic carbocycles. The van der Waals surface area contributed by atoms with Crippen molar-refractivity contribution in [1.82, 2.24) is 25.1 Å². The topological polar surface area (TPSA) is 99.7 Å². The zero-order chi connectivity index (χ0) is 18.3. The number of nitrogens with zero attached hydrogens (tertiary/aromatic N) is 5. The van der Waals surface area contributed by atoms with E-state index in [2.05, 4.69) is 30.5 Å². The fourth-order valence-electron chi connectivity index (χ4n) is 2.99. The minimum atomic E-state index is -0.453. The van der Waals surface area contributed by atoms with Gasteiger partial charge in [-0.3, -0.25) is 14.8 Å². The van der Waals surface area contributed by atoms with Crippen LogP contribution in [0, 0.1) is 12.7 Å². The molecule has 1 aromatic carbocycles. The molecule has 0 radical (unpaired) electrons. The van der Waals surface area contributed by atoms with E-state index in [1.807, 2.05) is 13.8 Å². The number of H-pyrrole nitrogens is 1. The van der Waals surface area contributed by atoms with Crippen molar-refractivity contribution in [3.63, 3.8) is 0 Å². The van der Waals surface area contributed by atoms with Gasteiger partial charge in [0.2, 0.25) is 5.91 Å². The van der Waals surface area contributed by atoms with E-state index in [1.165, 1.54) is 12.4 Å². The Morgan fingerprint density at radius 2 is 2.12 bits per heavy atom. The van der Waals surface area contributed by atoms with E-state index in [9.17, 15) is 9.18 Å². The van der Waals surface area contributed by atoms with Crippen LogP contribution in [-0.4, -0.2) is 44.1 Å². The molecule has 2 N–H and O–H groups in total. The Kier molecular flexibility index (Phi) is 3.83. The van der Waals surface area contributed by atoms with Crippen LogP contribution >= 0.6 is 0 Å². The van der Waals surface area contributed by atoms with Gasteiger partial charge < -0.3 is 5.32 Å². The number of carbonyl (C=O) groups is 1. The van der Waals surface area contributed by atoms with Gasteiger partial charge in [0.15, 0.2) is 17.5 Å². The van der Waals surface area contributed by atoms with E-state index in [0.29, 0.717) is 40.8 Å². The second-order valence-electron chi connectivity index (χ2n) is 5.89. The van der Waals surface area contributed by atoms with E-state index in [-0.39, 0.29) is 12.5 Å². The summed E-state index contributed by atoms with van der Waals surface area (Å²) in [6, 6.07) is 3.07. The summed E-state index contributed by atoms with van der Waals surface area (Å²) in [7, 11) is 0. The lowest BCUT2D eigenvalue weighted by Gasteiger charge is -2.27. The first-order valence-electron chi connectivity index (χ1n) is 8.16. The van der Waals surface area contributed by atoms with Crippen LogP contribution in [0.4, 0.5) is 16.0 Å². The zero-order valence-corrected chi connectivity index (χ0v) is 14.2. The first-order valence-corrected chi connectivity index (χ1v) is 8.16. The quantitative estimate of drug-likeness (QED) is 0.748. The number of fused-ring (bicyclic) bond motifs is 1. The monoisotopic (exact) mass is 353 g/mol. The Balaban J connectivity index is 1.80. The third-order valence-corrected chi connectivity index (χ3v) is 4.28. The van der Waals surface area contributed by atoms with Crippen LogP contribution in [0.25, 0.3) is 22.6 Å². The molecule has 0 bridgehead atoms. The molecule has 0 atom stereocenters. The normalized spacial score (nSPS) is 13.5. The maximum atomic E-state index is 14.6. The third kappa shape index (κ3) is 2.57. The number of hydrogen-bond donors (Lipinski definition) is 2. The second kappa shape index (κ2) is 6.17. The van der Waals surface area contributed by atoms with Crippen molar-refractivity contribution >= 4 is 17.5 Å². The minimum absolute atomic E-state index is 0.0747. The van der Waals surface area contributed by atoms with Crippen molar-refractivity contribution in [2.45, 2.75) is 13.8 Å². The highest BCUT2D eigenvalue weighted by atomic mass is 19.1. The molecular weight excluding hydrogens is 337 g/mol. The third-order valence-electron chi connectivity index (χ3n) is 4.28. The van der Waals surface area contributed by atoms with Crippen LogP contribution in [0.3, 0.4) is 0 Å². The number of anilines is 2. The number of benzene rings is 1. The molecule has 1 aliphatic heterocycles. The summed E-state index contributed by atoms with van der Waals surface area (Å²) >= 11 is 0. The van der Waals surface area contributed by atoms with Crippen molar-refractivity contribution in [3.05, 3.63) is 36.0 Å². The van der Waals surface area contributed by atoms with Crippen LogP contribution in [-0.2, 0) is 4.79 Å². The molecule has 132 valence electrons. The lowest BCUT2D eigenvalue weighted by Crippen LogP contribution is -2.40. The van der Waals surface area contributed by atoms with Crippen LogP contribution in [0.5, 0.6) is 0 Å². The molecule has 1 amide bonds. The Morgan fingerprint density at radius 1 is 1.27 bits per heavy atom. The van der Waals surface area contributed by atoms with E-state index in [0.717, 1.165) is 5.56 Å². The molecule has 4 rings (SSSR count). The zero-order valence-electron chi connectivity index (χ0n) is 14.2. The summed E-state index contributed by atoms with van der Waals surface area (Å²) in [5.74, 6) is 0.769. The molecule has 0 saturated heterocycles. The predicted molar refractivity (Wildman–Crippen MR) is 94.1 cm³/mol. The molecule has 1 aliphatic rings. The lowest BCUT2D eigenvalue weighted by atomic mass is 10.0.